The Morgan fingerprint density at radius 1 is 1.26 bits per heavy atom. The van der Waals surface area contributed by atoms with Crippen molar-refractivity contribution in [3.63, 3.8) is 0 Å². The molecule has 3 N–H and O–H groups in total. The maximum atomic E-state index is 14.3. The van der Waals surface area contributed by atoms with Crippen molar-refractivity contribution in [1.29, 1.82) is 0 Å². The average Bonchev–Trinajstić information content (AvgIpc) is 3.51. The minimum Gasteiger partial charge on any atom is -0.444 e. The van der Waals surface area contributed by atoms with Crippen LogP contribution in [0.5, 0.6) is 5.75 Å². The highest BCUT2D eigenvalue weighted by Crippen LogP contribution is 2.34. The van der Waals surface area contributed by atoms with Crippen LogP contribution >= 0.6 is 0 Å². The molecule has 1 aliphatic carbocycles. The van der Waals surface area contributed by atoms with Crippen LogP contribution in [0.3, 0.4) is 0 Å². The molecule has 1 saturated carbocycles. The van der Waals surface area contributed by atoms with Crippen molar-refractivity contribution in [2.24, 2.45) is 5.92 Å². The first-order valence-electron chi connectivity index (χ1n) is 11.2. The number of aliphatic hydroxyl groups excluding tert-OH is 2. The maximum Gasteiger partial charge on any atom is 0.573 e. The van der Waals surface area contributed by atoms with E-state index < -0.39 is 24.0 Å². The Balaban J connectivity index is 1.43. The molecule has 2 aliphatic rings. The molecule has 0 spiro atoms. The molecule has 1 aliphatic heterocycles. The first kappa shape index (κ1) is 25.0. The number of hydrogen-bond donors (Lipinski definition) is 3. The third kappa shape index (κ3) is 6.34. The van der Waals surface area contributed by atoms with Gasteiger partial charge < -0.3 is 34.5 Å². The summed E-state index contributed by atoms with van der Waals surface area (Å²) in [6, 6.07) is 2.04. The topological polar surface area (TPSA) is 111 Å². The van der Waals surface area contributed by atoms with Gasteiger partial charge in [0.2, 0.25) is 5.89 Å². The number of carbonyl (C=O) groups is 1. The zero-order valence-corrected chi connectivity index (χ0v) is 18.7. The summed E-state index contributed by atoms with van der Waals surface area (Å²) < 4.78 is 60.2. The van der Waals surface area contributed by atoms with Gasteiger partial charge in [0.05, 0.1) is 6.04 Å². The van der Waals surface area contributed by atoms with Gasteiger partial charge >= 0.3 is 12.4 Å². The van der Waals surface area contributed by atoms with E-state index in [-0.39, 0.29) is 49.2 Å². The minimum absolute atomic E-state index is 0.00277. The second kappa shape index (κ2) is 10.3. The van der Waals surface area contributed by atoms with Crippen molar-refractivity contribution < 1.29 is 41.7 Å². The van der Waals surface area contributed by atoms with Crippen molar-refractivity contribution in [3.05, 3.63) is 41.7 Å². The smallest absolute Gasteiger partial charge is 0.444 e. The van der Waals surface area contributed by atoms with Crippen molar-refractivity contribution in [1.82, 2.24) is 15.2 Å². The molecule has 13 heteroatoms. The van der Waals surface area contributed by atoms with E-state index >= 15 is 0 Å². The zero-order valence-electron chi connectivity index (χ0n) is 18.7. The molecule has 2 fully saturated rings. The van der Waals surface area contributed by atoms with Gasteiger partial charge in [0.25, 0.3) is 0 Å². The number of carbonyl (C=O) groups excluding carboxylic acids is 1. The predicted molar refractivity (Wildman–Crippen MR) is 114 cm³/mol. The van der Waals surface area contributed by atoms with Crippen LogP contribution in [0.4, 0.5) is 28.2 Å². The third-order valence-corrected chi connectivity index (χ3v) is 6.03. The zero-order chi connectivity index (χ0) is 25.2. The number of hydrogen-bond acceptors (Lipinski definition) is 7. The molecule has 2 aromatic rings. The van der Waals surface area contributed by atoms with Gasteiger partial charge in [-0.25, -0.2) is 9.18 Å². The Hall–Kier alpha value is -3.06. The van der Waals surface area contributed by atoms with Crippen LogP contribution in [0, 0.1) is 11.7 Å². The Morgan fingerprint density at radius 2 is 2.03 bits per heavy atom. The van der Waals surface area contributed by atoms with Crippen LogP contribution < -0.4 is 15.0 Å². The number of rotatable bonds is 8. The normalized spacial score (nSPS) is 20.6. The van der Waals surface area contributed by atoms with E-state index in [1.54, 1.807) is 4.90 Å². The molecule has 35 heavy (non-hydrogen) atoms. The fraction of sp³-hybridized carbons (Fsp3) is 0.545. The molecule has 0 bridgehead atoms. The van der Waals surface area contributed by atoms with Crippen LogP contribution in [0.25, 0.3) is 0 Å². The van der Waals surface area contributed by atoms with E-state index in [2.05, 4.69) is 15.0 Å². The maximum absolute atomic E-state index is 14.3. The van der Waals surface area contributed by atoms with E-state index in [1.807, 2.05) is 4.90 Å². The van der Waals surface area contributed by atoms with Gasteiger partial charge in [0.15, 0.2) is 5.82 Å². The summed E-state index contributed by atoms with van der Waals surface area (Å²) in [6.45, 7) is 0.271. The number of nitrogens with zero attached hydrogens (tertiary/aromatic N) is 3. The van der Waals surface area contributed by atoms with Gasteiger partial charge in [-0.15, -0.1) is 13.2 Å². The minimum atomic E-state index is -4.93. The van der Waals surface area contributed by atoms with Gasteiger partial charge in [-0.1, -0.05) is 6.07 Å². The monoisotopic (exact) mass is 502 g/mol. The van der Waals surface area contributed by atoms with Crippen LogP contribution in [0.1, 0.15) is 30.7 Å². The Morgan fingerprint density at radius 3 is 2.63 bits per heavy atom. The summed E-state index contributed by atoms with van der Waals surface area (Å²) in [6.07, 6.45) is -1.34. The number of aromatic nitrogens is 1. The molecule has 192 valence electrons. The van der Waals surface area contributed by atoms with Gasteiger partial charge in [0.1, 0.15) is 24.4 Å². The number of aliphatic hydroxyl groups is 2. The molecule has 1 unspecified atom stereocenters. The van der Waals surface area contributed by atoms with Crippen molar-refractivity contribution in [3.8, 4) is 5.75 Å². The molecule has 0 radical (unpaired) electrons. The van der Waals surface area contributed by atoms with E-state index in [9.17, 15) is 32.6 Å². The number of oxazole rings is 1. The summed E-state index contributed by atoms with van der Waals surface area (Å²) in [5.74, 6) is -1.08. The number of urea groups is 1. The number of halogens is 4. The van der Waals surface area contributed by atoms with Gasteiger partial charge in [0, 0.05) is 49.8 Å². The first-order chi connectivity index (χ1) is 16.7. The summed E-state index contributed by atoms with van der Waals surface area (Å²) >= 11 is 0. The Bertz CT molecular complexity index is 1030. The van der Waals surface area contributed by atoms with Crippen LogP contribution in [-0.2, 0) is 13.2 Å². The Labute approximate surface area is 198 Å². The standard InChI is InChI=1S/C22H26F4N4O5/c23-18-6-17(35-22(24,25)26)4-1-14(18)7-27-21(33)30(15-2-3-15)16-5-13(10-31)8-29(9-16)19-12-34-20(11-32)28-19/h1,4,6,12-13,15-16,31-32H,2-3,5,7-11H2,(H,27,33)/t13-,16?/m0/s1. The lowest BCUT2D eigenvalue weighted by atomic mass is 9.93. The number of benzene rings is 1. The number of amides is 2. The van der Waals surface area contributed by atoms with Crippen molar-refractivity contribution in [2.75, 3.05) is 24.6 Å². The summed E-state index contributed by atoms with van der Waals surface area (Å²) in [5.41, 5.74) is 0.0151. The van der Waals surface area contributed by atoms with Crippen molar-refractivity contribution >= 4 is 11.8 Å². The van der Waals surface area contributed by atoms with Crippen molar-refractivity contribution in [2.45, 2.75) is 50.9 Å². The number of ether oxygens (including phenoxy) is 1. The molecule has 2 amide bonds. The Kier molecular flexibility index (Phi) is 7.36. The fourth-order valence-corrected chi connectivity index (χ4v) is 4.33. The molecule has 1 saturated heterocycles. The number of anilines is 1. The van der Waals surface area contributed by atoms with Crippen LogP contribution in [0.2, 0.25) is 0 Å². The second-order valence-corrected chi connectivity index (χ2v) is 8.70. The lowest BCUT2D eigenvalue weighted by Gasteiger charge is -2.42. The second-order valence-electron chi connectivity index (χ2n) is 8.70. The lowest BCUT2D eigenvalue weighted by molar-refractivity contribution is -0.274. The largest absolute Gasteiger partial charge is 0.573 e. The summed E-state index contributed by atoms with van der Waals surface area (Å²) in [5, 5.41) is 21.7. The molecular formula is C22H26F4N4O5. The number of alkyl halides is 3. The molecule has 1 aromatic carbocycles. The molecular weight excluding hydrogens is 476 g/mol. The summed E-state index contributed by atoms with van der Waals surface area (Å²) in [4.78, 5) is 20.9. The van der Waals surface area contributed by atoms with Gasteiger partial charge in [-0.3, -0.25) is 0 Å². The van der Waals surface area contributed by atoms with E-state index in [0.717, 1.165) is 25.0 Å². The highest BCUT2D eigenvalue weighted by molar-refractivity contribution is 5.75. The molecule has 1 aromatic heterocycles. The molecule has 2 heterocycles. The van der Waals surface area contributed by atoms with E-state index in [0.29, 0.717) is 31.4 Å². The summed E-state index contributed by atoms with van der Waals surface area (Å²) in [7, 11) is 0. The van der Waals surface area contributed by atoms with E-state index in [1.165, 1.54) is 6.26 Å². The molecule has 9 nitrogen and oxygen atoms in total. The first-order valence-corrected chi connectivity index (χ1v) is 11.2. The van der Waals surface area contributed by atoms with Crippen LogP contribution in [-0.4, -0.2) is 64.3 Å². The SMILES string of the molecule is O=C(NCc1ccc(OC(F)(F)F)cc1F)N(C1CC1)C1C[C@H](CO)CN(c2coc(CO)n2)C1. The quantitative estimate of drug-likeness (QED) is 0.476. The van der Waals surface area contributed by atoms with E-state index in [4.69, 9.17) is 4.42 Å². The number of piperidine rings is 1. The van der Waals surface area contributed by atoms with Crippen LogP contribution in [0.15, 0.2) is 28.9 Å². The van der Waals surface area contributed by atoms with Gasteiger partial charge in [-0.2, -0.15) is 4.98 Å². The highest BCUT2D eigenvalue weighted by Gasteiger charge is 2.41. The average molecular weight is 502 g/mol. The fourth-order valence-electron chi connectivity index (χ4n) is 4.33. The highest BCUT2D eigenvalue weighted by atomic mass is 19.4. The lowest BCUT2D eigenvalue weighted by Crippen LogP contribution is -2.56. The number of nitrogens with one attached hydrogen (secondary N) is 1. The molecule has 4 rings (SSSR count). The molecule has 2 atom stereocenters. The predicted octanol–water partition coefficient (Wildman–Crippen LogP) is 2.77. The van der Waals surface area contributed by atoms with Gasteiger partial charge in [-0.05, 0) is 25.3 Å². The third-order valence-electron chi connectivity index (χ3n) is 6.03.